The van der Waals surface area contributed by atoms with Crippen LogP contribution in [0.4, 0.5) is 0 Å². The lowest BCUT2D eigenvalue weighted by Crippen LogP contribution is -2.08. The molecule has 0 aliphatic carbocycles. The van der Waals surface area contributed by atoms with Gasteiger partial charge in [-0.25, -0.2) is 0 Å². The van der Waals surface area contributed by atoms with Crippen molar-refractivity contribution in [3.63, 3.8) is 0 Å². The second-order valence-corrected chi connectivity index (χ2v) is 5.32. The van der Waals surface area contributed by atoms with Crippen molar-refractivity contribution in [3.05, 3.63) is 51.3 Å². The van der Waals surface area contributed by atoms with Crippen LogP contribution in [0.5, 0.6) is 0 Å². The molecule has 1 aromatic carbocycles. The molecular weight excluding hydrogens is 292 g/mol. The number of hydrogen-bond acceptors (Lipinski definition) is 2. The maximum absolute atomic E-state index is 12.2. The molecule has 0 aliphatic heterocycles. The lowest BCUT2D eigenvalue weighted by Gasteiger charge is -2.04. The van der Waals surface area contributed by atoms with Crippen LogP contribution < -0.4 is 0 Å². The molecule has 0 unspecified atom stereocenters. The van der Waals surface area contributed by atoms with Gasteiger partial charge in [0, 0.05) is 22.8 Å². The number of carbonyl (C=O) groups excluding carboxylic acids is 1. The molecule has 18 heavy (non-hydrogen) atoms. The zero-order valence-corrected chi connectivity index (χ0v) is 12.3. The number of carbonyl (C=O) groups is 1. The van der Waals surface area contributed by atoms with E-state index >= 15 is 0 Å². The first-order chi connectivity index (χ1) is 8.47. The van der Waals surface area contributed by atoms with Gasteiger partial charge >= 0.3 is 0 Å². The Morgan fingerprint density at radius 1 is 1.33 bits per heavy atom. The van der Waals surface area contributed by atoms with Crippen LogP contribution in [0, 0.1) is 13.8 Å². The van der Waals surface area contributed by atoms with E-state index in [1.165, 1.54) is 0 Å². The highest BCUT2D eigenvalue weighted by atomic mass is 79.9. The molecule has 2 rings (SSSR count). The molecule has 0 atom stereocenters. The number of hydrogen-bond donors (Lipinski definition) is 0. The highest BCUT2D eigenvalue weighted by Gasteiger charge is 2.11. The number of halogens is 1. The molecule has 0 amide bonds. The Balaban J connectivity index is 2.22. The number of benzene rings is 1. The molecular formula is C14H15BrN2O. The van der Waals surface area contributed by atoms with Gasteiger partial charge in [0.25, 0.3) is 0 Å². The van der Waals surface area contributed by atoms with Gasteiger partial charge in [-0.15, -0.1) is 0 Å². The third kappa shape index (κ3) is 2.70. The summed E-state index contributed by atoms with van der Waals surface area (Å²) in [6.07, 6.45) is 0.382. The lowest BCUT2D eigenvalue weighted by atomic mass is 10.0. The summed E-state index contributed by atoms with van der Waals surface area (Å²) in [6, 6.07) is 7.64. The van der Waals surface area contributed by atoms with Gasteiger partial charge in [0.05, 0.1) is 12.1 Å². The minimum absolute atomic E-state index is 0.110. The van der Waals surface area contributed by atoms with Crippen molar-refractivity contribution in [1.82, 2.24) is 9.78 Å². The number of nitrogens with zero attached hydrogens (tertiary/aromatic N) is 2. The fourth-order valence-electron chi connectivity index (χ4n) is 1.86. The standard InChI is InChI=1S/C14H15BrN2O/c1-9-4-5-11(7-13(9)15)14(18)8-12-6-10(2)16-17(12)3/h4-7H,8H2,1-3H3. The largest absolute Gasteiger partial charge is 0.294 e. The lowest BCUT2D eigenvalue weighted by molar-refractivity contribution is 0.0990. The number of aryl methyl sites for hydroxylation is 3. The third-order valence-corrected chi connectivity index (χ3v) is 3.79. The van der Waals surface area contributed by atoms with Crippen LogP contribution in [0.2, 0.25) is 0 Å². The summed E-state index contributed by atoms with van der Waals surface area (Å²) in [5, 5.41) is 4.24. The molecule has 0 aliphatic rings. The Kier molecular flexibility index (Phi) is 3.66. The SMILES string of the molecule is Cc1cc(CC(=O)c2ccc(C)c(Br)c2)n(C)n1. The Labute approximate surface area is 115 Å². The second kappa shape index (κ2) is 5.06. The second-order valence-electron chi connectivity index (χ2n) is 4.46. The van der Waals surface area contributed by atoms with Crippen molar-refractivity contribution in [3.8, 4) is 0 Å². The van der Waals surface area contributed by atoms with E-state index < -0.39 is 0 Å². The van der Waals surface area contributed by atoms with E-state index in [2.05, 4.69) is 21.0 Å². The third-order valence-electron chi connectivity index (χ3n) is 2.93. The van der Waals surface area contributed by atoms with E-state index in [9.17, 15) is 4.79 Å². The van der Waals surface area contributed by atoms with Crippen molar-refractivity contribution in [2.75, 3.05) is 0 Å². The number of ketones is 1. The maximum atomic E-state index is 12.2. The molecule has 4 heteroatoms. The quantitative estimate of drug-likeness (QED) is 0.816. The molecule has 3 nitrogen and oxygen atoms in total. The minimum atomic E-state index is 0.110. The van der Waals surface area contributed by atoms with Gasteiger partial charge < -0.3 is 0 Å². The van der Waals surface area contributed by atoms with E-state index in [1.54, 1.807) is 4.68 Å². The smallest absolute Gasteiger partial charge is 0.168 e. The molecule has 0 saturated carbocycles. The first-order valence-corrected chi connectivity index (χ1v) is 6.55. The normalized spacial score (nSPS) is 10.7. The zero-order valence-electron chi connectivity index (χ0n) is 10.7. The Hall–Kier alpha value is -1.42. The summed E-state index contributed by atoms with van der Waals surface area (Å²) < 4.78 is 2.73. The Morgan fingerprint density at radius 2 is 2.06 bits per heavy atom. The van der Waals surface area contributed by atoms with Crippen LogP contribution in [0.25, 0.3) is 0 Å². The molecule has 0 N–H and O–H groups in total. The van der Waals surface area contributed by atoms with Gasteiger partial charge in [0.1, 0.15) is 0 Å². The molecule has 0 bridgehead atoms. The number of rotatable bonds is 3. The summed E-state index contributed by atoms with van der Waals surface area (Å²) >= 11 is 3.45. The van der Waals surface area contributed by atoms with Crippen molar-refractivity contribution in [2.24, 2.45) is 7.05 Å². The average molecular weight is 307 g/mol. The number of aromatic nitrogens is 2. The van der Waals surface area contributed by atoms with Gasteiger partial charge in [0.15, 0.2) is 5.78 Å². The molecule has 2 aromatic rings. The van der Waals surface area contributed by atoms with E-state index in [-0.39, 0.29) is 5.78 Å². The van der Waals surface area contributed by atoms with Crippen molar-refractivity contribution in [1.29, 1.82) is 0 Å². The topological polar surface area (TPSA) is 34.9 Å². The van der Waals surface area contributed by atoms with E-state index in [0.717, 1.165) is 27.0 Å². The summed E-state index contributed by atoms with van der Waals surface area (Å²) in [6.45, 7) is 3.93. The van der Waals surface area contributed by atoms with Crippen molar-refractivity contribution in [2.45, 2.75) is 20.3 Å². The van der Waals surface area contributed by atoms with Gasteiger partial charge in [-0.2, -0.15) is 5.10 Å². The van der Waals surface area contributed by atoms with Crippen molar-refractivity contribution < 1.29 is 4.79 Å². The van der Waals surface area contributed by atoms with Crippen LogP contribution >= 0.6 is 15.9 Å². The fourth-order valence-corrected chi connectivity index (χ4v) is 2.24. The molecule has 0 saturated heterocycles. The van der Waals surface area contributed by atoms with Gasteiger partial charge in [-0.3, -0.25) is 9.48 Å². The summed E-state index contributed by atoms with van der Waals surface area (Å²) in [4.78, 5) is 12.2. The first kappa shape index (κ1) is 13.0. The van der Waals surface area contributed by atoms with Gasteiger partial charge in [-0.1, -0.05) is 28.1 Å². The van der Waals surface area contributed by atoms with Crippen LogP contribution in [0.1, 0.15) is 27.3 Å². The maximum Gasteiger partial charge on any atom is 0.168 e. The molecule has 0 radical (unpaired) electrons. The Morgan fingerprint density at radius 3 is 2.61 bits per heavy atom. The van der Waals surface area contributed by atoms with E-state index in [0.29, 0.717) is 6.42 Å². The summed E-state index contributed by atoms with van der Waals surface area (Å²) in [5.74, 6) is 0.110. The predicted octanol–water partition coefficient (Wildman–Crippen LogP) is 3.22. The summed E-state index contributed by atoms with van der Waals surface area (Å²) in [7, 11) is 1.86. The molecule has 0 spiro atoms. The first-order valence-electron chi connectivity index (χ1n) is 5.76. The van der Waals surface area contributed by atoms with Crippen LogP contribution in [0.15, 0.2) is 28.7 Å². The molecule has 1 heterocycles. The predicted molar refractivity (Wildman–Crippen MR) is 74.9 cm³/mol. The zero-order chi connectivity index (χ0) is 13.3. The van der Waals surface area contributed by atoms with Crippen LogP contribution in [0.3, 0.4) is 0 Å². The van der Waals surface area contributed by atoms with Crippen LogP contribution in [-0.2, 0) is 13.5 Å². The Bertz CT molecular complexity index is 602. The van der Waals surface area contributed by atoms with E-state index in [1.807, 2.05) is 45.2 Å². The van der Waals surface area contributed by atoms with Crippen LogP contribution in [-0.4, -0.2) is 15.6 Å². The molecule has 94 valence electrons. The highest BCUT2D eigenvalue weighted by Crippen LogP contribution is 2.18. The molecule has 0 fully saturated rings. The van der Waals surface area contributed by atoms with E-state index in [4.69, 9.17) is 0 Å². The highest BCUT2D eigenvalue weighted by molar-refractivity contribution is 9.10. The minimum Gasteiger partial charge on any atom is -0.294 e. The monoisotopic (exact) mass is 306 g/mol. The summed E-state index contributed by atoms with van der Waals surface area (Å²) in [5.41, 5.74) is 3.73. The number of Topliss-reactive ketones (excluding diaryl/α,β-unsaturated/α-hetero) is 1. The van der Waals surface area contributed by atoms with Crippen molar-refractivity contribution >= 4 is 21.7 Å². The fraction of sp³-hybridized carbons (Fsp3) is 0.286. The van der Waals surface area contributed by atoms with Gasteiger partial charge in [0.2, 0.25) is 0 Å². The van der Waals surface area contributed by atoms with Gasteiger partial charge in [-0.05, 0) is 31.5 Å². The average Bonchev–Trinajstić information content (AvgIpc) is 2.61. The molecule has 1 aromatic heterocycles.